The van der Waals surface area contributed by atoms with Gasteiger partial charge >= 0.3 is 7.60 Å². The summed E-state index contributed by atoms with van der Waals surface area (Å²) in [5.41, 5.74) is 1.68. The minimum absolute atomic E-state index is 0.208. The second-order valence-electron chi connectivity index (χ2n) is 8.75. The number of amides is 1. The molecule has 4 aromatic rings. The molecular formula is C29H27N2O5P. The summed E-state index contributed by atoms with van der Waals surface area (Å²) in [5, 5.41) is 3.07. The number of benzene rings is 3. The molecule has 2 unspecified atom stereocenters. The van der Waals surface area contributed by atoms with Crippen molar-refractivity contribution in [1.29, 1.82) is 0 Å². The highest BCUT2D eigenvalue weighted by molar-refractivity contribution is 7.55. The lowest BCUT2D eigenvalue weighted by molar-refractivity contribution is 0.0927. The lowest BCUT2D eigenvalue weighted by atomic mass is 9.88. The van der Waals surface area contributed by atoms with Crippen LogP contribution < -0.4 is 19.1 Å². The van der Waals surface area contributed by atoms with E-state index in [4.69, 9.17) is 13.8 Å². The van der Waals surface area contributed by atoms with Crippen LogP contribution in [0.2, 0.25) is 0 Å². The van der Waals surface area contributed by atoms with Crippen molar-refractivity contribution < 1.29 is 23.1 Å². The number of aromatic nitrogens is 1. The SMILES string of the molecule is COc1ccnc(C(=O)NC2Cc3ccccc3CC2P(=O)(Oc2ccccc2)Oc2ccccc2)c1. The van der Waals surface area contributed by atoms with E-state index in [9.17, 15) is 9.36 Å². The molecule has 0 saturated carbocycles. The van der Waals surface area contributed by atoms with Gasteiger partial charge in [-0.2, -0.15) is 0 Å². The molecule has 37 heavy (non-hydrogen) atoms. The number of hydrogen-bond acceptors (Lipinski definition) is 6. The van der Waals surface area contributed by atoms with E-state index in [1.165, 1.54) is 13.3 Å². The zero-order valence-corrected chi connectivity index (χ0v) is 21.2. The van der Waals surface area contributed by atoms with Crippen LogP contribution in [0.15, 0.2) is 103 Å². The van der Waals surface area contributed by atoms with E-state index in [0.29, 0.717) is 30.1 Å². The van der Waals surface area contributed by atoms with Crippen molar-refractivity contribution in [1.82, 2.24) is 10.3 Å². The first-order valence-corrected chi connectivity index (χ1v) is 13.6. The average molecular weight is 515 g/mol. The summed E-state index contributed by atoms with van der Waals surface area (Å²) in [5.74, 6) is 0.996. The summed E-state index contributed by atoms with van der Waals surface area (Å²) in [6.45, 7) is 0. The van der Waals surface area contributed by atoms with Gasteiger partial charge in [-0.05, 0) is 54.3 Å². The number of rotatable bonds is 8. The van der Waals surface area contributed by atoms with Crippen molar-refractivity contribution in [2.75, 3.05) is 7.11 Å². The maximum absolute atomic E-state index is 14.7. The van der Waals surface area contributed by atoms with Gasteiger partial charge in [-0.1, -0.05) is 60.7 Å². The molecule has 0 radical (unpaired) electrons. The maximum atomic E-state index is 14.7. The summed E-state index contributed by atoms with van der Waals surface area (Å²) in [7, 11) is -2.34. The highest BCUT2D eigenvalue weighted by Gasteiger charge is 2.47. The van der Waals surface area contributed by atoms with Crippen molar-refractivity contribution in [2.24, 2.45) is 0 Å². The molecule has 1 aliphatic rings. The minimum Gasteiger partial charge on any atom is -0.497 e. The molecule has 8 heteroatoms. The number of pyridine rings is 1. The van der Waals surface area contributed by atoms with Crippen LogP contribution in [0.5, 0.6) is 17.2 Å². The van der Waals surface area contributed by atoms with Crippen LogP contribution in [0.3, 0.4) is 0 Å². The Morgan fingerprint density at radius 2 is 1.38 bits per heavy atom. The second kappa shape index (κ2) is 10.9. The second-order valence-corrected chi connectivity index (χ2v) is 10.9. The molecule has 7 nitrogen and oxygen atoms in total. The first-order valence-electron chi connectivity index (χ1n) is 12.0. The van der Waals surface area contributed by atoms with Crippen LogP contribution in [0.4, 0.5) is 0 Å². The van der Waals surface area contributed by atoms with Crippen LogP contribution in [-0.2, 0) is 17.4 Å². The molecule has 188 valence electrons. The molecule has 0 fully saturated rings. The molecule has 1 aliphatic carbocycles. The Bertz CT molecular complexity index is 1370. The molecule has 1 aromatic heterocycles. The maximum Gasteiger partial charge on any atom is 0.436 e. The van der Waals surface area contributed by atoms with E-state index in [1.807, 2.05) is 60.7 Å². The number of ether oxygens (including phenoxy) is 1. The first kappa shape index (κ1) is 24.6. The monoisotopic (exact) mass is 514 g/mol. The Kier molecular flexibility index (Phi) is 7.24. The molecule has 3 aromatic carbocycles. The Morgan fingerprint density at radius 1 is 0.811 bits per heavy atom. The molecular weight excluding hydrogens is 487 g/mol. The Labute approximate surface area is 216 Å². The Morgan fingerprint density at radius 3 is 1.97 bits per heavy atom. The van der Waals surface area contributed by atoms with Gasteiger partial charge in [0.1, 0.15) is 28.6 Å². The quantitative estimate of drug-likeness (QED) is 0.303. The van der Waals surface area contributed by atoms with E-state index in [2.05, 4.69) is 10.3 Å². The molecule has 2 atom stereocenters. The van der Waals surface area contributed by atoms with Gasteiger partial charge in [-0.3, -0.25) is 9.78 Å². The van der Waals surface area contributed by atoms with Gasteiger partial charge in [0.05, 0.1) is 7.11 Å². The van der Waals surface area contributed by atoms with Crippen molar-refractivity contribution in [3.8, 4) is 17.2 Å². The number of carbonyl (C=O) groups excluding carboxylic acids is 1. The molecule has 1 heterocycles. The molecule has 0 spiro atoms. The predicted octanol–water partition coefficient (Wildman–Crippen LogP) is 5.71. The topological polar surface area (TPSA) is 86.8 Å². The highest BCUT2D eigenvalue weighted by Crippen LogP contribution is 2.56. The lowest BCUT2D eigenvalue weighted by Crippen LogP contribution is -2.49. The zero-order chi connectivity index (χ0) is 25.7. The van der Waals surface area contributed by atoms with Gasteiger partial charge < -0.3 is 19.1 Å². The lowest BCUT2D eigenvalue weighted by Gasteiger charge is -2.37. The van der Waals surface area contributed by atoms with E-state index >= 15 is 0 Å². The largest absolute Gasteiger partial charge is 0.497 e. The van der Waals surface area contributed by atoms with E-state index in [0.717, 1.165) is 11.1 Å². The molecule has 5 rings (SSSR count). The molecule has 1 amide bonds. The van der Waals surface area contributed by atoms with E-state index < -0.39 is 19.3 Å². The summed E-state index contributed by atoms with van der Waals surface area (Å²) in [6, 6.07) is 28.6. The van der Waals surface area contributed by atoms with Crippen LogP contribution in [-0.4, -0.2) is 29.7 Å². The van der Waals surface area contributed by atoms with Gasteiger partial charge in [-0.15, -0.1) is 0 Å². The fourth-order valence-electron chi connectivity index (χ4n) is 4.49. The van der Waals surface area contributed by atoms with E-state index in [1.54, 1.807) is 36.4 Å². The van der Waals surface area contributed by atoms with Crippen molar-refractivity contribution >= 4 is 13.5 Å². The van der Waals surface area contributed by atoms with Crippen molar-refractivity contribution in [2.45, 2.75) is 24.5 Å². The normalized spacial score (nSPS) is 16.8. The van der Waals surface area contributed by atoms with Gasteiger partial charge in [0, 0.05) is 18.3 Å². The van der Waals surface area contributed by atoms with Crippen LogP contribution >= 0.6 is 7.60 Å². The van der Waals surface area contributed by atoms with Gasteiger partial charge in [0.15, 0.2) is 0 Å². The summed E-state index contributed by atoms with van der Waals surface area (Å²) in [6.07, 6.45) is 2.39. The molecule has 0 saturated heterocycles. The number of nitrogens with zero attached hydrogens (tertiary/aromatic N) is 1. The third-order valence-corrected chi connectivity index (χ3v) is 8.61. The summed E-state index contributed by atoms with van der Waals surface area (Å²) >= 11 is 0. The van der Waals surface area contributed by atoms with Crippen molar-refractivity contribution in [3.63, 3.8) is 0 Å². The van der Waals surface area contributed by atoms with Gasteiger partial charge in [-0.25, -0.2) is 4.57 Å². The average Bonchev–Trinajstić information content (AvgIpc) is 2.93. The molecule has 0 bridgehead atoms. The number of methoxy groups -OCH3 is 1. The van der Waals surface area contributed by atoms with Crippen LogP contribution in [0.1, 0.15) is 21.6 Å². The fraction of sp³-hybridized carbons (Fsp3) is 0.172. The van der Waals surface area contributed by atoms with Gasteiger partial charge in [0.25, 0.3) is 5.91 Å². The smallest absolute Gasteiger partial charge is 0.436 e. The fourth-order valence-corrected chi connectivity index (χ4v) is 6.67. The van der Waals surface area contributed by atoms with Crippen molar-refractivity contribution in [3.05, 3.63) is 120 Å². The number of nitrogens with one attached hydrogen (secondary N) is 1. The Hall–Kier alpha value is -4.09. The number of carbonyl (C=O) groups is 1. The molecule has 0 aliphatic heterocycles. The number of para-hydroxylation sites is 2. The summed E-state index contributed by atoms with van der Waals surface area (Å²) < 4.78 is 32.3. The van der Waals surface area contributed by atoms with Gasteiger partial charge in [0.2, 0.25) is 0 Å². The predicted molar refractivity (Wildman–Crippen MR) is 141 cm³/mol. The Balaban J connectivity index is 1.53. The van der Waals surface area contributed by atoms with Crippen LogP contribution in [0, 0.1) is 0 Å². The third kappa shape index (κ3) is 5.68. The number of hydrogen-bond donors (Lipinski definition) is 1. The standard InChI is InChI=1S/C29H27N2O5P/c1-34-25-16-17-30-27(20-25)29(32)31-26-18-21-10-8-9-11-22(21)19-28(26)37(33,35-23-12-4-2-5-13-23)36-24-14-6-3-7-15-24/h2-17,20,26,28H,18-19H2,1H3,(H,31,32). The highest BCUT2D eigenvalue weighted by atomic mass is 31.2. The zero-order valence-electron chi connectivity index (χ0n) is 20.3. The molecule has 1 N–H and O–H groups in total. The summed E-state index contributed by atoms with van der Waals surface area (Å²) in [4.78, 5) is 17.5. The minimum atomic E-state index is -3.87. The number of fused-ring (bicyclic) bond motifs is 1. The van der Waals surface area contributed by atoms with E-state index in [-0.39, 0.29) is 11.6 Å². The first-order chi connectivity index (χ1) is 18.0. The third-order valence-electron chi connectivity index (χ3n) is 6.33. The van der Waals surface area contributed by atoms with Crippen LogP contribution in [0.25, 0.3) is 0 Å².